The minimum Gasteiger partial charge on any atom is -0.508 e. The highest BCUT2D eigenvalue weighted by Crippen LogP contribution is 2.13. The Morgan fingerprint density at radius 1 is 1.43 bits per heavy atom. The zero-order chi connectivity index (χ0) is 10.6. The fourth-order valence-corrected chi connectivity index (χ4v) is 0.804. The molecule has 0 bridgehead atoms. The fourth-order valence-electron chi connectivity index (χ4n) is 0.804. The predicted octanol–water partition coefficient (Wildman–Crippen LogP) is 1.01. The van der Waals surface area contributed by atoms with Crippen LogP contribution in [0.2, 0.25) is 0 Å². The monoisotopic (exact) mass is 194 g/mol. The molecule has 0 saturated carbocycles. The average molecular weight is 194 g/mol. The van der Waals surface area contributed by atoms with Crippen molar-refractivity contribution in [2.75, 3.05) is 12.4 Å². The van der Waals surface area contributed by atoms with Gasteiger partial charge < -0.3 is 10.4 Å². The van der Waals surface area contributed by atoms with Crippen molar-refractivity contribution in [3.8, 4) is 5.75 Å². The smallest absolute Gasteiger partial charge is 0.328 e. The topological polar surface area (TPSA) is 69.6 Å². The lowest BCUT2D eigenvalue weighted by molar-refractivity contribution is -0.114. The van der Waals surface area contributed by atoms with Gasteiger partial charge in [0.1, 0.15) is 5.75 Å². The molecule has 5 nitrogen and oxygen atoms in total. The van der Waals surface area contributed by atoms with Crippen molar-refractivity contribution in [2.24, 2.45) is 0 Å². The number of nitrogens with zero attached hydrogens (tertiary/aromatic N) is 1. The fraction of sp³-hybridized carbons (Fsp3) is 0.111. The van der Waals surface area contributed by atoms with E-state index in [0.717, 1.165) is 4.90 Å². The number of phenolic OH excluding ortho intramolecular Hbond substituents is 1. The molecule has 0 aromatic heterocycles. The molecule has 0 spiro atoms. The summed E-state index contributed by atoms with van der Waals surface area (Å²) in [6.07, 6.45) is 0.412. The van der Waals surface area contributed by atoms with E-state index in [1.165, 1.54) is 31.3 Å². The summed E-state index contributed by atoms with van der Waals surface area (Å²) in [4.78, 5) is 22.2. The molecule has 74 valence electrons. The molecule has 0 fully saturated rings. The molecular formula is C9H10N2O3. The molecule has 1 rings (SSSR count). The predicted molar refractivity (Wildman–Crippen MR) is 51.0 cm³/mol. The first-order valence-electron chi connectivity index (χ1n) is 3.91. The van der Waals surface area contributed by atoms with Crippen LogP contribution in [-0.4, -0.2) is 29.5 Å². The molecule has 0 aliphatic rings. The van der Waals surface area contributed by atoms with E-state index >= 15 is 0 Å². The normalized spacial score (nSPS) is 9.21. The Balaban J connectivity index is 2.65. The highest BCUT2D eigenvalue weighted by Gasteiger charge is 2.06. The molecule has 5 heteroatoms. The maximum Gasteiger partial charge on any atom is 0.328 e. The average Bonchev–Trinajstić information content (AvgIpc) is 2.20. The molecule has 0 radical (unpaired) electrons. The van der Waals surface area contributed by atoms with Gasteiger partial charge in [-0.1, -0.05) is 0 Å². The van der Waals surface area contributed by atoms with Gasteiger partial charge in [-0.25, -0.2) is 4.79 Å². The summed E-state index contributed by atoms with van der Waals surface area (Å²) < 4.78 is 0. The maximum atomic E-state index is 11.1. The van der Waals surface area contributed by atoms with Crippen LogP contribution >= 0.6 is 0 Å². The number of hydrogen-bond acceptors (Lipinski definition) is 3. The van der Waals surface area contributed by atoms with Crippen molar-refractivity contribution >= 4 is 18.1 Å². The van der Waals surface area contributed by atoms with Gasteiger partial charge in [0.15, 0.2) is 0 Å². The highest BCUT2D eigenvalue weighted by atomic mass is 16.3. The van der Waals surface area contributed by atoms with E-state index in [9.17, 15) is 9.59 Å². The number of hydrogen-bond donors (Lipinski definition) is 2. The SMILES string of the molecule is CN(C=O)C(=O)Nc1ccc(O)cc1. The quantitative estimate of drug-likeness (QED) is 0.545. The van der Waals surface area contributed by atoms with Crippen LogP contribution in [0.3, 0.4) is 0 Å². The zero-order valence-electron chi connectivity index (χ0n) is 7.60. The number of imide groups is 1. The highest BCUT2D eigenvalue weighted by molar-refractivity contribution is 5.95. The molecule has 0 atom stereocenters. The summed E-state index contributed by atoms with van der Waals surface area (Å²) in [6, 6.07) is 5.43. The molecule has 3 amide bonds. The van der Waals surface area contributed by atoms with Crippen LogP contribution in [0.25, 0.3) is 0 Å². The van der Waals surface area contributed by atoms with Gasteiger partial charge in [0, 0.05) is 12.7 Å². The molecule has 14 heavy (non-hydrogen) atoms. The number of carbonyl (C=O) groups is 2. The molecular weight excluding hydrogens is 184 g/mol. The van der Waals surface area contributed by atoms with Gasteiger partial charge >= 0.3 is 6.03 Å². The second kappa shape index (κ2) is 4.27. The molecule has 0 heterocycles. The largest absolute Gasteiger partial charge is 0.508 e. The summed E-state index contributed by atoms with van der Waals surface area (Å²) in [7, 11) is 1.35. The Kier molecular flexibility index (Phi) is 3.06. The molecule has 0 unspecified atom stereocenters. The van der Waals surface area contributed by atoms with Gasteiger partial charge in [0.05, 0.1) is 0 Å². The molecule has 1 aromatic rings. The maximum absolute atomic E-state index is 11.1. The first-order valence-corrected chi connectivity index (χ1v) is 3.91. The summed E-state index contributed by atoms with van der Waals surface area (Å²) >= 11 is 0. The van der Waals surface area contributed by atoms with Crippen molar-refractivity contribution in [2.45, 2.75) is 0 Å². The van der Waals surface area contributed by atoms with Gasteiger partial charge in [-0.15, -0.1) is 0 Å². The first-order chi connectivity index (χ1) is 6.63. The summed E-state index contributed by atoms with van der Waals surface area (Å²) in [6.45, 7) is 0. The van der Waals surface area contributed by atoms with E-state index in [2.05, 4.69) is 5.32 Å². The van der Waals surface area contributed by atoms with Gasteiger partial charge in [-0.2, -0.15) is 0 Å². The third kappa shape index (κ3) is 2.48. The molecule has 0 aliphatic carbocycles. The minimum atomic E-state index is -0.523. The van der Waals surface area contributed by atoms with Crippen molar-refractivity contribution in [3.63, 3.8) is 0 Å². The summed E-state index contributed by atoms with van der Waals surface area (Å²) in [5.41, 5.74) is 0.515. The zero-order valence-corrected chi connectivity index (χ0v) is 7.60. The third-order valence-electron chi connectivity index (χ3n) is 1.60. The van der Waals surface area contributed by atoms with Gasteiger partial charge in [-0.3, -0.25) is 9.69 Å². The van der Waals surface area contributed by atoms with Crippen LogP contribution < -0.4 is 5.32 Å². The van der Waals surface area contributed by atoms with E-state index < -0.39 is 6.03 Å². The van der Waals surface area contributed by atoms with Crippen LogP contribution in [-0.2, 0) is 4.79 Å². The van der Waals surface area contributed by atoms with Crippen LogP contribution in [0.1, 0.15) is 0 Å². The van der Waals surface area contributed by atoms with E-state index in [-0.39, 0.29) is 5.75 Å². The molecule has 0 saturated heterocycles. The van der Waals surface area contributed by atoms with E-state index in [4.69, 9.17) is 5.11 Å². The Morgan fingerprint density at radius 2 is 2.00 bits per heavy atom. The number of aromatic hydroxyl groups is 1. The number of urea groups is 1. The van der Waals surface area contributed by atoms with Crippen molar-refractivity contribution < 1.29 is 14.7 Å². The lowest BCUT2D eigenvalue weighted by atomic mass is 10.3. The summed E-state index contributed by atoms with van der Waals surface area (Å²) in [5.74, 6) is 0.117. The van der Waals surface area contributed by atoms with E-state index in [0.29, 0.717) is 12.1 Å². The van der Waals surface area contributed by atoms with Crippen molar-refractivity contribution in [1.29, 1.82) is 0 Å². The molecule has 0 aliphatic heterocycles. The van der Waals surface area contributed by atoms with Crippen LogP contribution in [0.15, 0.2) is 24.3 Å². The van der Waals surface area contributed by atoms with E-state index in [1.807, 2.05) is 0 Å². The Labute approximate surface area is 81.0 Å². The summed E-state index contributed by atoms with van der Waals surface area (Å²) in [5, 5.41) is 11.4. The van der Waals surface area contributed by atoms with E-state index in [1.54, 1.807) is 0 Å². The number of carbonyl (C=O) groups excluding carboxylic acids is 2. The van der Waals surface area contributed by atoms with Gasteiger partial charge in [0.25, 0.3) is 0 Å². The van der Waals surface area contributed by atoms with Crippen LogP contribution in [0, 0.1) is 0 Å². The lowest BCUT2D eigenvalue weighted by Gasteiger charge is -2.10. The number of anilines is 1. The first kappa shape index (κ1) is 10.0. The Bertz CT molecular complexity index is 334. The van der Waals surface area contributed by atoms with Crippen molar-refractivity contribution in [3.05, 3.63) is 24.3 Å². The van der Waals surface area contributed by atoms with Crippen LogP contribution in [0.4, 0.5) is 10.5 Å². The second-order valence-corrected chi connectivity index (χ2v) is 2.69. The minimum absolute atomic E-state index is 0.117. The Hall–Kier alpha value is -2.04. The molecule has 1 aromatic carbocycles. The van der Waals surface area contributed by atoms with Gasteiger partial charge in [-0.05, 0) is 24.3 Å². The second-order valence-electron chi connectivity index (χ2n) is 2.69. The third-order valence-corrected chi connectivity index (χ3v) is 1.60. The Morgan fingerprint density at radius 3 is 2.50 bits per heavy atom. The van der Waals surface area contributed by atoms with Gasteiger partial charge in [0.2, 0.25) is 6.41 Å². The number of nitrogens with one attached hydrogen (secondary N) is 1. The standard InChI is InChI=1S/C9H10N2O3/c1-11(6-12)9(14)10-7-2-4-8(13)5-3-7/h2-6,13H,1H3,(H,10,14). The van der Waals surface area contributed by atoms with Crippen LogP contribution in [0.5, 0.6) is 5.75 Å². The number of benzene rings is 1. The number of phenols is 1. The number of amides is 3. The number of rotatable bonds is 2. The van der Waals surface area contributed by atoms with Crippen molar-refractivity contribution in [1.82, 2.24) is 4.90 Å². The molecule has 2 N–H and O–H groups in total. The lowest BCUT2D eigenvalue weighted by Crippen LogP contribution is -2.29.